The van der Waals surface area contributed by atoms with Crippen molar-refractivity contribution in [3.05, 3.63) is 48.1 Å². The standard InChI is InChI=1S/C11H7N.ClH/c1-2-6-10-8(4-1)9-5-3-7-11(9)12-10;/h1-7H;1H. The van der Waals surface area contributed by atoms with Crippen molar-refractivity contribution in [2.75, 3.05) is 0 Å². The molecule has 2 aliphatic rings. The number of fused-ring (bicyclic) bond motifs is 3. The second kappa shape index (κ2) is 2.86. The van der Waals surface area contributed by atoms with Gasteiger partial charge in [-0.05, 0) is 12.1 Å². The SMILES string of the molecule is C1=CC2=Nc3ccccc3C2=C1.Cl. The lowest BCUT2D eigenvalue weighted by atomic mass is 10.1. The van der Waals surface area contributed by atoms with Gasteiger partial charge in [0.25, 0.3) is 0 Å². The van der Waals surface area contributed by atoms with Gasteiger partial charge in [-0.1, -0.05) is 30.4 Å². The predicted octanol–water partition coefficient (Wildman–Crippen LogP) is 3.15. The minimum absolute atomic E-state index is 0. The monoisotopic (exact) mass is 189 g/mol. The topological polar surface area (TPSA) is 12.4 Å². The highest BCUT2D eigenvalue weighted by Gasteiger charge is 2.19. The molecule has 2 heteroatoms. The number of rotatable bonds is 0. The van der Waals surface area contributed by atoms with Crippen molar-refractivity contribution in [2.24, 2.45) is 4.99 Å². The van der Waals surface area contributed by atoms with Crippen molar-refractivity contribution < 1.29 is 0 Å². The lowest BCUT2D eigenvalue weighted by Crippen LogP contribution is -1.85. The molecule has 3 rings (SSSR count). The molecule has 0 saturated heterocycles. The van der Waals surface area contributed by atoms with Gasteiger partial charge >= 0.3 is 0 Å². The van der Waals surface area contributed by atoms with E-state index >= 15 is 0 Å². The Morgan fingerprint density at radius 2 is 1.92 bits per heavy atom. The average molecular weight is 190 g/mol. The summed E-state index contributed by atoms with van der Waals surface area (Å²) in [7, 11) is 0. The van der Waals surface area contributed by atoms with Gasteiger partial charge in [-0.2, -0.15) is 0 Å². The predicted molar refractivity (Wildman–Crippen MR) is 57.9 cm³/mol. The van der Waals surface area contributed by atoms with E-state index in [-0.39, 0.29) is 12.4 Å². The van der Waals surface area contributed by atoms with Gasteiger partial charge in [0.2, 0.25) is 0 Å². The van der Waals surface area contributed by atoms with Gasteiger partial charge in [0.05, 0.1) is 11.4 Å². The molecule has 1 heterocycles. The number of para-hydroxylation sites is 1. The second-order valence-corrected chi connectivity index (χ2v) is 2.95. The highest BCUT2D eigenvalue weighted by Crippen LogP contribution is 2.36. The minimum Gasteiger partial charge on any atom is -0.248 e. The number of nitrogens with zero attached hydrogens (tertiary/aromatic N) is 1. The van der Waals surface area contributed by atoms with Crippen LogP contribution in [0.25, 0.3) is 5.57 Å². The molecule has 0 amide bonds. The molecule has 64 valence electrons. The molecule has 0 spiro atoms. The maximum atomic E-state index is 4.48. The number of benzene rings is 1. The molecular formula is C11H8ClN. The van der Waals surface area contributed by atoms with Crippen LogP contribution in [-0.4, -0.2) is 5.71 Å². The van der Waals surface area contributed by atoms with Crippen LogP contribution in [0.3, 0.4) is 0 Å². The van der Waals surface area contributed by atoms with Crippen LogP contribution in [0.15, 0.2) is 47.5 Å². The van der Waals surface area contributed by atoms with Gasteiger partial charge < -0.3 is 0 Å². The number of hydrogen-bond acceptors (Lipinski definition) is 1. The Morgan fingerprint density at radius 3 is 2.85 bits per heavy atom. The third-order valence-corrected chi connectivity index (χ3v) is 2.23. The van der Waals surface area contributed by atoms with Crippen molar-refractivity contribution in [2.45, 2.75) is 0 Å². The average Bonchev–Trinajstić information content (AvgIpc) is 2.62. The van der Waals surface area contributed by atoms with Gasteiger partial charge in [-0.15, -0.1) is 12.4 Å². The molecule has 0 atom stereocenters. The van der Waals surface area contributed by atoms with E-state index in [0.29, 0.717) is 0 Å². The molecule has 0 bridgehead atoms. The maximum absolute atomic E-state index is 4.48. The summed E-state index contributed by atoms with van der Waals surface area (Å²) in [4.78, 5) is 4.48. The van der Waals surface area contributed by atoms with Crippen LogP contribution in [0.1, 0.15) is 5.56 Å². The third-order valence-electron chi connectivity index (χ3n) is 2.23. The highest BCUT2D eigenvalue weighted by atomic mass is 35.5. The van der Waals surface area contributed by atoms with Gasteiger partial charge in [0.1, 0.15) is 0 Å². The van der Waals surface area contributed by atoms with Gasteiger partial charge in [0, 0.05) is 11.1 Å². The zero-order chi connectivity index (χ0) is 7.97. The van der Waals surface area contributed by atoms with E-state index in [1.54, 1.807) is 0 Å². The van der Waals surface area contributed by atoms with E-state index in [1.807, 2.05) is 12.1 Å². The molecule has 0 unspecified atom stereocenters. The van der Waals surface area contributed by atoms with E-state index < -0.39 is 0 Å². The molecule has 0 saturated carbocycles. The number of hydrogen-bond donors (Lipinski definition) is 0. The Morgan fingerprint density at radius 1 is 1.08 bits per heavy atom. The Hall–Kier alpha value is -1.34. The van der Waals surface area contributed by atoms with Gasteiger partial charge in [-0.3, -0.25) is 0 Å². The molecule has 1 aliphatic heterocycles. The Balaban J connectivity index is 0.000000653. The Kier molecular flexibility index (Phi) is 1.82. The molecule has 1 aromatic carbocycles. The van der Waals surface area contributed by atoms with Gasteiger partial charge in [0.15, 0.2) is 0 Å². The molecule has 1 aliphatic carbocycles. The summed E-state index contributed by atoms with van der Waals surface area (Å²) < 4.78 is 0. The molecule has 0 aromatic heterocycles. The van der Waals surface area contributed by atoms with Crippen LogP contribution in [0, 0.1) is 0 Å². The van der Waals surface area contributed by atoms with Crippen LogP contribution in [0.4, 0.5) is 5.69 Å². The van der Waals surface area contributed by atoms with Crippen LogP contribution in [0.5, 0.6) is 0 Å². The molecule has 0 N–H and O–H groups in total. The smallest absolute Gasteiger partial charge is 0.0716 e. The maximum Gasteiger partial charge on any atom is 0.0716 e. The zero-order valence-corrected chi connectivity index (χ0v) is 7.71. The van der Waals surface area contributed by atoms with Crippen LogP contribution >= 0.6 is 12.4 Å². The lowest BCUT2D eigenvalue weighted by Gasteiger charge is -1.95. The van der Waals surface area contributed by atoms with Crippen molar-refractivity contribution in [1.82, 2.24) is 0 Å². The fourth-order valence-electron chi connectivity index (χ4n) is 1.66. The zero-order valence-electron chi connectivity index (χ0n) is 6.90. The van der Waals surface area contributed by atoms with Crippen molar-refractivity contribution in [1.29, 1.82) is 0 Å². The molecule has 0 radical (unpaired) electrons. The van der Waals surface area contributed by atoms with Gasteiger partial charge in [-0.25, -0.2) is 4.99 Å². The summed E-state index contributed by atoms with van der Waals surface area (Å²) in [6.45, 7) is 0. The first-order valence-electron chi connectivity index (χ1n) is 4.02. The summed E-state index contributed by atoms with van der Waals surface area (Å²) in [5.41, 5.74) is 4.74. The summed E-state index contributed by atoms with van der Waals surface area (Å²) >= 11 is 0. The second-order valence-electron chi connectivity index (χ2n) is 2.95. The summed E-state index contributed by atoms with van der Waals surface area (Å²) in [6.07, 6.45) is 6.21. The van der Waals surface area contributed by atoms with Crippen molar-refractivity contribution in [3.63, 3.8) is 0 Å². The summed E-state index contributed by atoms with van der Waals surface area (Å²) in [5, 5.41) is 0. The molecule has 0 fully saturated rings. The van der Waals surface area contributed by atoms with Crippen LogP contribution in [-0.2, 0) is 0 Å². The largest absolute Gasteiger partial charge is 0.248 e. The third kappa shape index (κ3) is 1.04. The number of halogens is 1. The molecule has 1 aromatic rings. The highest BCUT2D eigenvalue weighted by molar-refractivity contribution is 6.35. The quantitative estimate of drug-likeness (QED) is 0.595. The Bertz CT molecular complexity index is 441. The molecule has 13 heavy (non-hydrogen) atoms. The van der Waals surface area contributed by atoms with E-state index in [1.165, 1.54) is 11.1 Å². The molecule has 1 nitrogen and oxygen atoms in total. The molecular weight excluding hydrogens is 182 g/mol. The van der Waals surface area contributed by atoms with Crippen LogP contribution < -0.4 is 0 Å². The number of allylic oxidation sites excluding steroid dienone is 4. The summed E-state index contributed by atoms with van der Waals surface area (Å²) in [6, 6.07) is 8.24. The van der Waals surface area contributed by atoms with E-state index in [4.69, 9.17) is 0 Å². The van der Waals surface area contributed by atoms with E-state index in [2.05, 4.69) is 35.3 Å². The normalized spacial score (nSPS) is 15.7. The first-order chi connectivity index (χ1) is 5.95. The first kappa shape index (κ1) is 8.27. The first-order valence-corrected chi connectivity index (χ1v) is 4.02. The van der Waals surface area contributed by atoms with E-state index in [0.717, 1.165) is 11.4 Å². The number of aliphatic imine (C=N–C) groups is 1. The van der Waals surface area contributed by atoms with Crippen LogP contribution in [0.2, 0.25) is 0 Å². The van der Waals surface area contributed by atoms with Crippen molar-refractivity contribution in [3.8, 4) is 0 Å². The minimum atomic E-state index is 0. The summed E-state index contributed by atoms with van der Waals surface area (Å²) in [5.74, 6) is 0. The Labute approximate surface area is 82.9 Å². The van der Waals surface area contributed by atoms with Crippen molar-refractivity contribution >= 4 is 29.4 Å². The lowest BCUT2D eigenvalue weighted by molar-refractivity contribution is 1.54. The van der Waals surface area contributed by atoms with E-state index in [9.17, 15) is 0 Å². The fourth-order valence-corrected chi connectivity index (χ4v) is 1.66. The fraction of sp³-hybridized carbons (Fsp3) is 0.